The highest BCUT2D eigenvalue weighted by atomic mass is 16.3. The van der Waals surface area contributed by atoms with Gasteiger partial charge in [-0.25, -0.2) is 0 Å². The number of nitrogens with zero attached hydrogens (tertiary/aromatic N) is 2. The molecule has 30 heavy (non-hydrogen) atoms. The molecule has 0 unspecified atom stereocenters. The minimum Gasteiger partial charge on any atom is -0.436 e. The highest BCUT2D eigenvalue weighted by Crippen LogP contribution is 2.40. The van der Waals surface area contributed by atoms with Crippen molar-refractivity contribution in [3.63, 3.8) is 0 Å². The molecule has 3 heteroatoms. The van der Waals surface area contributed by atoms with Crippen molar-refractivity contribution in [2.24, 2.45) is 0 Å². The Bertz CT molecular complexity index is 1310. The maximum absolute atomic E-state index is 6.19. The number of fused-ring (bicyclic) bond motifs is 3. The van der Waals surface area contributed by atoms with E-state index in [-0.39, 0.29) is 0 Å². The Morgan fingerprint density at radius 1 is 0.733 bits per heavy atom. The first-order chi connectivity index (χ1) is 14.6. The Labute approximate surface area is 177 Å². The topological polar surface area (TPSA) is 31.0 Å². The lowest BCUT2D eigenvalue weighted by Crippen LogP contribution is -2.08. The molecule has 0 radical (unpaired) electrons. The lowest BCUT2D eigenvalue weighted by molar-refractivity contribution is 0.656. The van der Waals surface area contributed by atoms with Gasteiger partial charge in [-0.1, -0.05) is 88.4 Å². The van der Waals surface area contributed by atoms with E-state index in [0.29, 0.717) is 17.5 Å². The summed E-state index contributed by atoms with van der Waals surface area (Å²) in [5.41, 5.74) is 7.56. The Kier molecular flexibility index (Phi) is 4.47. The molecule has 3 nitrogen and oxygen atoms in total. The van der Waals surface area contributed by atoms with Crippen LogP contribution in [0.15, 0.2) is 77.2 Å². The summed E-state index contributed by atoms with van der Waals surface area (Å²) in [5, 5.41) is 1.09. The summed E-state index contributed by atoms with van der Waals surface area (Å²) in [6.07, 6.45) is 0. The Hall–Kier alpha value is -3.33. The summed E-state index contributed by atoms with van der Waals surface area (Å²) in [4.78, 5) is 4.99. The van der Waals surface area contributed by atoms with E-state index in [1.165, 1.54) is 16.8 Å². The molecule has 3 aromatic carbocycles. The smallest absolute Gasteiger partial charge is 0.246 e. The van der Waals surface area contributed by atoms with Gasteiger partial charge in [0.15, 0.2) is 0 Å². The molecule has 5 rings (SSSR count). The van der Waals surface area contributed by atoms with E-state index >= 15 is 0 Å². The first kappa shape index (κ1) is 18.7. The first-order valence-corrected chi connectivity index (χ1v) is 10.6. The number of para-hydroxylation sites is 2. The van der Waals surface area contributed by atoms with E-state index < -0.39 is 0 Å². The zero-order valence-electron chi connectivity index (χ0n) is 17.9. The average molecular weight is 395 g/mol. The first-order valence-electron chi connectivity index (χ1n) is 10.6. The quantitative estimate of drug-likeness (QED) is 0.313. The fourth-order valence-electron chi connectivity index (χ4n) is 4.33. The molecule has 0 atom stereocenters. The van der Waals surface area contributed by atoms with Gasteiger partial charge in [0.1, 0.15) is 16.9 Å². The maximum atomic E-state index is 6.19. The molecule has 0 N–H and O–H groups in total. The fourth-order valence-corrected chi connectivity index (χ4v) is 4.33. The van der Waals surface area contributed by atoms with E-state index in [1.54, 1.807) is 0 Å². The summed E-state index contributed by atoms with van der Waals surface area (Å²) >= 11 is 0. The Morgan fingerprint density at radius 2 is 1.37 bits per heavy atom. The van der Waals surface area contributed by atoms with Crippen LogP contribution in [0.4, 0.5) is 0 Å². The van der Waals surface area contributed by atoms with Crippen molar-refractivity contribution in [3.8, 4) is 17.1 Å². The second-order valence-corrected chi connectivity index (χ2v) is 8.48. The van der Waals surface area contributed by atoms with Crippen LogP contribution in [0.25, 0.3) is 39.3 Å². The van der Waals surface area contributed by atoms with Crippen LogP contribution in [0.2, 0.25) is 0 Å². The van der Waals surface area contributed by atoms with Crippen molar-refractivity contribution < 1.29 is 4.42 Å². The summed E-state index contributed by atoms with van der Waals surface area (Å²) in [7, 11) is 0. The zero-order chi connectivity index (χ0) is 20.8. The van der Waals surface area contributed by atoms with Crippen molar-refractivity contribution in [2.45, 2.75) is 39.5 Å². The second kappa shape index (κ2) is 7.17. The van der Waals surface area contributed by atoms with Gasteiger partial charge in [0.25, 0.3) is 0 Å². The zero-order valence-corrected chi connectivity index (χ0v) is 17.9. The molecular weight excluding hydrogens is 368 g/mol. The van der Waals surface area contributed by atoms with Crippen molar-refractivity contribution in [1.82, 2.24) is 9.55 Å². The Balaban J connectivity index is 1.98. The maximum Gasteiger partial charge on any atom is 0.246 e. The summed E-state index contributed by atoms with van der Waals surface area (Å²) < 4.78 is 8.52. The van der Waals surface area contributed by atoms with Crippen molar-refractivity contribution in [2.75, 3.05) is 0 Å². The lowest BCUT2D eigenvalue weighted by atomic mass is 9.92. The van der Waals surface area contributed by atoms with Crippen molar-refractivity contribution in [1.29, 1.82) is 0 Å². The molecule has 5 aromatic rings. The normalized spacial score (nSPS) is 11.9. The molecule has 0 amide bonds. The molecule has 150 valence electrons. The van der Waals surface area contributed by atoms with Crippen LogP contribution < -0.4 is 0 Å². The summed E-state index contributed by atoms with van der Waals surface area (Å²) in [6, 6.07) is 25.3. The van der Waals surface area contributed by atoms with E-state index in [0.717, 1.165) is 27.9 Å². The third-order valence-corrected chi connectivity index (χ3v) is 5.79. The predicted octanol–water partition coefficient (Wildman–Crippen LogP) is 7.69. The summed E-state index contributed by atoms with van der Waals surface area (Å²) in [5.74, 6) is 1.70. The number of furan rings is 1. The van der Waals surface area contributed by atoms with Gasteiger partial charge in [0.05, 0.1) is 5.69 Å². The highest BCUT2D eigenvalue weighted by Gasteiger charge is 2.25. The van der Waals surface area contributed by atoms with Crippen molar-refractivity contribution >= 4 is 22.2 Å². The van der Waals surface area contributed by atoms with Crippen LogP contribution in [-0.2, 0) is 0 Å². The molecule has 0 saturated heterocycles. The monoisotopic (exact) mass is 394 g/mol. The van der Waals surface area contributed by atoms with Crippen LogP contribution in [0.1, 0.15) is 50.7 Å². The molecule has 2 aromatic heterocycles. The molecule has 0 aliphatic heterocycles. The molecular formula is C27H26N2O. The van der Waals surface area contributed by atoms with Crippen molar-refractivity contribution in [3.05, 3.63) is 83.9 Å². The molecule has 0 fully saturated rings. The van der Waals surface area contributed by atoms with Gasteiger partial charge < -0.3 is 4.42 Å². The Morgan fingerprint density at radius 3 is 2.03 bits per heavy atom. The molecule has 0 bridgehead atoms. The van der Waals surface area contributed by atoms with Gasteiger partial charge in [-0.2, -0.15) is 4.98 Å². The SMILES string of the molecule is CC(C)c1cccc(C(C)C)c1-n1c(-c2ccccc2)nc2oc3ccccc3c21. The number of hydrogen-bond acceptors (Lipinski definition) is 2. The molecule has 0 aliphatic rings. The van der Waals surface area contributed by atoms with Crippen LogP contribution in [0.5, 0.6) is 0 Å². The van der Waals surface area contributed by atoms with Gasteiger partial charge in [-0.15, -0.1) is 0 Å². The van der Waals surface area contributed by atoms with Crippen LogP contribution in [0.3, 0.4) is 0 Å². The minimum absolute atomic E-state index is 0.387. The third-order valence-electron chi connectivity index (χ3n) is 5.79. The van der Waals surface area contributed by atoms with Crippen LogP contribution in [0, 0.1) is 0 Å². The van der Waals surface area contributed by atoms with Crippen LogP contribution >= 0.6 is 0 Å². The predicted molar refractivity (Wildman–Crippen MR) is 124 cm³/mol. The number of rotatable bonds is 4. The van der Waals surface area contributed by atoms with Crippen LogP contribution in [-0.4, -0.2) is 9.55 Å². The van der Waals surface area contributed by atoms with Gasteiger partial charge in [-0.3, -0.25) is 4.57 Å². The molecule has 2 heterocycles. The highest BCUT2D eigenvalue weighted by molar-refractivity contribution is 6.04. The lowest BCUT2D eigenvalue weighted by Gasteiger charge is -2.22. The van der Waals surface area contributed by atoms with Gasteiger partial charge in [-0.05, 0) is 35.1 Å². The van der Waals surface area contributed by atoms with Gasteiger partial charge in [0, 0.05) is 10.9 Å². The number of hydrogen-bond donors (Lipinski definition) is 0. The third kappa shape index (κ3) is 2.85. The van der Waals surface area contributed by atoms with E-state index in [1.807, 2.05) is 18.2 Å². The molecule has 0 aliphatic carbocycles. The van der Waals surface area contributed by atoms with Gasteiger partial charge >= 0.3 is 0 Å². The number of aromatic nitrogens is 2. The largest absolute Gasteiger partial charge is 0.436 e. The van der Waals surface area contributed by atoms with E-state index in [4.69, 9.17) is 9.40 Å². The number of benzene rings is 3. The average Bonchev–Trinajstić information content (AvgIpc) is 3.29. The van der Waals surface area contributed by atoms with E-state index in [9.17, 15) is 0 Å². The van der Waals surface area contributed by atoms with E-state index in [2.05, 4.69) is 86.9 Å². The second-order valence-electron chi connectivity index (χ2n) is 8.48. The van der Waals surface area contributed by atoms with Gasteiger partial charge in [0.2, 0.25) is 5.71 Å². The minimum atomic E-state index is 0.387. The molecule has 0 spiro atoms. The number of imidazole rings is 1. The molecule has 0 saturated carbocycles. The standard InChI is InChI=1S/C27H26N2O/c1-17(2)20-14-10-15-21(18(3)4)24(20)29-25-22-13-8-9-16-23(22)30-27(25)28-26(29)19-11-6-5-7-12-19/h5-18H,1-4H3. The fraction of sp³-hybridized carbons (Fsp3) is 0.222. The summed E-state index contributed by atoms with van der Waals surface area (Å²) in [6.45, 7) is 9.03.